The number of carbonyl (C=O) groups excluding carboxylic acids is 2. The van der Waals surface area contributed by atoms with E-state index in [9.17, 15) is 14.9 Å². The largest absolute Gasteiger partial charge is 0.464 e. The molecule has 150 valence electrons. The number of hydrogen-bond donors (Lipinski definition) is 1. The van der Waals surface area contributed by atoms with Crippen LogP contribution in [-0.4, -0.2) is 46.6 Å². The Morgan fingerprint density at radius 2 is 2.03 bits per heavy atom. The number of cyclic esters (lactones) is 1. The average Bonchev–Trinajstić information content (AvgIpc) is 3.35. The molecule has 7 heteroatoms. The zero-order chi connectivity index (χ0) is 20.6. The van der Waals surface area contributed by atoms with E-state index < -0.39 is 5.54 Å². The molecule has 1 amide bonds. The molecule has 0 bridgehead atoms. The Morgan fingerprint density at radius 3 is 2.69 bits per heavy atom. The van der Waals surface area contributed by atoms with Gasteiger partial charge in [0.25, 0.3) is 0 Å². The quantitative estimate of drug-likeness (QED) is 0.809. The van der Waals surface area contributed by atoms with Crippen molar-refractivity contribution < 1.29 is 14.3 Å². The molecule has 3 heterocycles. The van der Waals surface area contributed by atoms with Gasteiger partial charge in [-0.3, -0.25) is 19.1 Å². The second-order valence-corrected chi connectivity index (χ2v) is 7.71. The third-order valence-electron chi connectivity index (χ3n) is 6.18. The Labute approximate surface area is 169 Å². The molecule has 2 aliphatic rings. The van der Waals surface area contributed by atoms with Gasteiger partial charge >= 0.3 is 5.97 Å². The summed E-state index contributed by atoms with van der Waals surface area (Å²) < 4.78 is 7.09. The Hall–Kier alpha value is -3.11. The maximum atomic E-state index is 13.0. The van der Waals surface area contributed by atoms with Crippen LogP contribution in [0.4, 0.5) is 5.82 Å². The topological polar surface area (TPSA) is 87.4 Å². The summed E-state index contributed by atoms with van der Waals surface area (Å²) in [6, 6.07) is 11.9. The van der Waals surface area contributed by atoms with Crippen LogP contribution in [0.1, 0.15) is 36.1 Å². The number of nitrogens with zero attached hydrogens (tertiary/aromatic N) is 3. The smallest absolute Gasteiger partial charge is 0.326 e. The Kier molecular flexibility index (Phi) is 4.89. The van der Waals surface area contributed by atoms with Crippen molar-refractivity contribution in [3.05, 3.63) is 47.2 Å². The number of likely N-dealkylation sites (tertiary alicyclic amines) is 1. The van der Waals surface area contributed by atoms with Gasteiger partial charge in [0.15, 0.2) is 0 Å². The van der Waals surface area contributed by atoms with Crippen LogP contribution in [0.5, 0.6) is 0 Å². The van der Waals surface area contributed by atoms with Gasteiger partial charge in [-0.2, -0.15) is 5.26 Å². The molecule has 0 radical (unpaired) electrons. The molecule has 4 rings (SSSR count). The second kappa shape index (κ2) is 7.37. The van der Waals surface area contributed by atoms with E-state index >= 15 is 0 Å². The highest BCUT2D eigenvalue weighted by Crippen LogP contribution is 2.37. The molecule has 0 aliphatic carbocycles. The fourth-order valence-corrected chi connectivity index (χ4v) is 4.53. The summed E-state index contributed by atoms with van der Waals surface area (Å²) in [4.78, 5) is 27.2. The van der Waals surface area contributed by atoms with Crippen molar-refractivity contribution >= 4 is 17.7 Å². The summed E-state index contributed by atoms with van der Waals surface area (Å²) in [7, 11) is 0. The van der Waals surface area contributed by atoms with Gasteiger partial charge in [0, 0.05) is 17.8 Å². The monoisotopic (exact) mass is 392 g/mol. The molecule has 2 aliphatic heterocycles. The molecule has 1 aromatic carbocycles. The highest BCUT2D eigenvalue weighted by Gasteiger charge is 2.52. The van der Waals surface area contributed by atoms with E-state index in [1.165, 1.54) is 0 Å². The number of amides is 1. The van der Waals surface area contributed by atoms with Gasteiger partial charge in [-0.25, -0.2) is 0 Å². The number of nitriles is 1. The first-order chi connectivity index (χ1) is 14.0. The highest BCUT2D eigenvalue weighted by atomic mass is 16.5. The third kappa shape index (κ3) is 3.10. The minimum absolute atomic E-state index is 0.0953. The van der Waals surface area contributed by atoms with E-state index in [0.717, 1.165) is 29.8 Å². The van der Waals surface area contributed by atoms with Crippen LogP contribution < -0.4 is 5.32 Å². The highest BCUT2D eigenvalue weighted by molar-refractivity contribution is 5.94. The number of ether oxygens (including phenoxy) is 1. The van der Waals surface area contributed by atoms with E-state index in [1.54, 1.807) is 0 Å². The van der Waals surface area contributed by atoms with E-state index in [2.05, 4.69) is 11.4 Å². The van der Waals surface area contributed by atoms with Crippen molar-refractivity contribution in [3.8, 4) is 11.8 Å². The molecule has 7 nitrogen and oxygen atoms in total. The molecular weight excluding hydrogens is 368 g/mol. The lowest BCUT2D eigenvalue weighted by Gasteiger charge is -2.30. The van der Waals surface area contributed by atoms with Crippen molar-refractivity contribution in [2.75, 3.05) is 25.0 Å². The number of rotatable bonds is 4. The fourth-order valence-electron chi connectivity index (χ4n) is 4.53. The van der Waals surface area contributed by atoms with E-state index in [1.807, 2.05) is 53.6 Å². The van der Waals surface area contributed by atoms with Gasteiger partial charge in [-0.15, -0.1) is 0 Å². The molecule has 29 heavy (non-hydrogen) atoms. The number of carbonyl (C=O) groups is 2. The number of hydrogen-bond acceptors (Lipinski definition) is 5. The number of anilines is 1. The van der Waals surface area contributed by atoms with Crippen LogP contribution in [-0.2, 0) is 14.3 Å². The van der Waals surface area contributed by atoms with E-state index in [0.29, 0.717) is 31.0 Å². The van der Waals surface area contributed by atoms with Gasteiger partial charge in [-0.1, -0.05) is 18.2 Å². The standard InChI is InChI=1S/C22H24N4O3/c1-15-16(2)26(17-7-4-3-5-8-17)20(18(15)13-23)24-19(27)14-25-11-6-9-22(25)10-12-29-21(22)28/h3-5,7-8H,6,9-12,14H2,1-2H3,(H,24,27). The lowest BCUT2D eigenvalue weighted by Crippen LogP contribution is -2.50. The third-order valence-corrected chi connectivity index (χ3v) is 6.18. The maximum absolute atomic E-state index is 13.0. The maximum Gasteiger partial charge on any atom is 0.326 e. The molecule has 2 saturated heterocycles. The Morgan fingerprint density at radius 1 is 1.28 bits per heavy atom. The van der Waals surface area contributed by atoms with E-state index in [-0.39, 0.29) is 18.4 Å². The molecule has 1 aromatic heterocycles. The Balaban J connectivity index is 1.63. The number of esters is 1. The van der Waals surface area contributed by atoms with Crippen molar-refractivity contribution in [1.82, 2.24) is 9.47 Å². The van der Waals surface area contributed by atoms with Crippen LogP contribution in [0.25, 0.3) is 5.69 Å². The normalized spacial score (nSPS) is 21.3. The zero-order valence-corrected chi connectivity index (χ0v) is 16.7. The lowest BCUT2D eigenvalue weighted by atomic mass is 9.94. The first-order valence-electron chi connectivity index (χ1n) is 9.87. The summed E-state index contributed by atoms with van der Waals surface area (Å²) in [6.45, 7) is 5.00. The molecule has 1 spiro atoms. The minimum atomic E-state index is -0.664. The number of benzene rings is 1. The zero-order valence-electron chi connectivity index (χ0n) is 16.7. The molecule has 2 aromatic rings. The van der Waals surface area contributed by atoms with Crippen LogP contribution in [0.2, 0.25) is 0 Å². The summed E-state index contributed by atoms with van der Waals surface area (Å²) in [5.41, 5.74) is 2.41. The van der Waals surface area contributed by atoms with E-state index in [4.69, 9.17) is 4.74 Å². The lowest BCUT2D eigenvalue weighted by molar-refractivity contribution is -0.147. The van der Waals surface area contributed by atoms with Crippen LogP contribution in [0.3, 0.4) is 0 Å². The van der Waals surface area contributed by atoms with Gasteiger partial charge in [0.1, 0.15) is 17.4 Å². The molecule has 0 saturated carbocycles. The van der Waals surface area contributed by atoms with Crippen LogP contribution in [0.15, 0.2) is 30.3 Å². The summed E-state index contributed by atoms with van der Waals surface area (Å²) >= 11 is 0. The molecule has 2 fully saturated rings. The predicted molar refractivity (Wildman–Crippen MR) is 108 cm³/mol. The molecule has 1 atom stereocenters. The second-order valence-electron chi connectivity index (χ2n) is 7.71. The van der Waals surface area contributed by atoms with Crippen LogP contribution >= 0.6 is 0 Å². The number of nitrogens with one attached hydrogen (secondary N) is 1. The van der Waals surface area contributed by atoms with Gasteiger partial charge < -0.3 is 10.1 Å². The van der Waals surface area contributed by atoms with Gasteiger partial charge in [0.05, 0.1) is 18.7 Å². The summed E-state index contributed by atoms with van der Waals surface area (Å²) in [5, 5.41) is 12.6. The van der Waals surface area contributed by atoms with Crippen LogP contribution in [0, 0.1) is 25.2 Å². The fraction of sp³-hybridized carbons (Fsp3) is 0.409. The first kappa shape index (κ1) is 19.2. The van der Waals surface area contributed by atoms with Crippen molar-refractivity contribution in [1.29, 1.82) is 5.26 Å². The first-order valence-corrected chi connectivity index (χ1v) is 9.87. The average molecular weight is 392 g/mol. The van der Waals surface area contributed by atoms with Crippen molar-refractivity contribution in [3.63, 3.8) is 0 Å². The molecular formula is C22H24N4O3. The summed E-state index contributed by atoms with van der Waals surface area (Å²) in [6.07, 6.45) is 2.22. The number of aromatic nitrogens is 1. The van der Waals surface area contributed by atoms with Gasteiger partial charge in [0.2, 0.25) is 5.91 Å². The molecule has 1 unspecified atom stereocenters. The molecule has 1 N–H and O–H groups in total. The van der Waals surface area contributed by atoms with Gasteiger partial charge in [-0.05, 0) is 50.9 Å². The summed E-state index contributed by atoms with van der Waals surface area (Å²) in [5.74, 6) is 0.0120. The SMILES string of the molecule is Cc1c(C#N)c(NC(=O)CN2CCCC23CCOC3=O)n(-c2ccccc2)c1C. The van der Waals surface area contributed by atoms with Crippen molar-refractivity contribution in [2.24, 2.45) is 0 Å². The number of para-hydroxylation sites is 1. The van der Waals surface area contributed by atoms with Crippen molar-refractivity contribution in [2.45, 2.75) is 38.6 Å². The predicted octanol–water partition coefficient (Wildman–Crippen LogP) is 2.69. The Bertz CT molecular complexity index is 1000. The minimum Gasteiger partial charge on any atom is -0.464 e.